The van der Waals surface area contributed by atoms with Crippen molar-refractivity contribution in [1.29, 1.82) is 0 Å². The maximum Gasteiger partial charge on any atom is 0.303 e. The summed E-state index contributed by atoms with van der Waals surface area (Å²) in [6.45, 7) is 2.03. The number of carboxylic acid groups (broad SMARTS) is 1. The van der Waals surface area contributed by atoms with E-state index in [0.717, 1.165) is 25.7 Å². The molecule has 200 valence electrons. The number of carbonyl (C=O) groups is 1. The molecule has 0 heterocycles. The van der Waals surface area contributed by atoms with Gasteiger partial charge in [-0.3, -0.25) is 4.79 Å². The standard InChI is InChI=1S/C31H32F2O5/c1-31(12-13-31)30(36)25-14-18(6-10-21(25)24-15-20(37-2)9-11-26(24)32)17-38-27-5-3-4-22(29(27)33)23(16-28(34)35)19-7-8-19/h3-6,9-11,14-15,19,23,30,36H,7-8,12-13,16-17H2,1-2H3,(H,34,35)/t23-,30+/m1/s1. The Hall–Kier alpha value is -3.45. The summed E-state index contributed by atoms with van der Waals surface area (Å²) in [7, 11) is 1.51. The molecule has 0 bridgehead atoms. The lowest BCUT2D eigenvalue weighted by Gasteiger charge is -2.23. The topological polar surface area (TPSA) is 76.0 Å². The fraction of sp³-hybridized carbons (Fsp3) is 0.387. The maximum atomic E-state index is 15.4. The number of benzene rings is 3. The Kier molecular flexibility index (Phi) is 7.14. The van der Waals surface area contributed by atoms with Crippen LogP contribution >= 0.6 is 0 Å². The van der Waals surface area contributed by atoms with E-state index in [1.165, 1.54) is 19.2 Å². The van der Waals surface area contributed by atoms with Gasteiger partial charge in [-0.15, -0.1) is 0 Å². The van der Waals surface area contributed by atoms with Crippen LogP contribution < -0.4 is 9.47 Å². The first kappa shape index (κ1) is 26.2. The minimum atomic E-state index is -0.948. The first-order valence-electron chi connectivity index (χ1n) is 13.0. The summed E-state index contributed by atoms with van der Waals surface area (Å²) in [5.74, 6) is -1.55. The van der Waals surface area contributed by atoms with Crippen LogP contribution in [0.5, 0.6) is 11.5 Å². The number of ether oxygens (including phenoxy) is 2. The molecule has 0 amide bonds. The van der Waals surface area contributed by atoms with Crippen LogP contribution in [-0.2, 0) is 11.4 Å². The van der Waals surface area contributed by atoms with E-state index in [1.54, 1.807) is 42.5 Å². The summed E-state index contributed by atoms with van der Waals surface area (Å²) in [6.07, 6.45) is 2.60. The monoisotopic (exact) mass is 522 g/mol. The number of aliphatic hydroxyl groups excluding tert-OH is 1. The molecule has 0 aromatic heterocycles. The van der Waals surface area contributed by atoms with Gasteiger partial charge in [-0.05, 0) is 89.6 Å². The number of aliphatic hydroxyl groups is 1. The lowest BCUT2D eigenvalue weighted by Crippen LogP contribution is -2.12. The van der Waals surface area contributed by atoms with Gasteiger partial charge in [0.05, 0.1) is 19.6 Å². The smallest absolute Gasteiger partial charge is 0.303 e. The first-order chi connectivity index (χ1) is 18.2. The molecule has 3 aromatic rings. The minimum absolute atomic E-state index is 0.0324. The Balaban J connectivity index is 1.43. The van der Waals surface area contributed by atoms with Crippen LogP contribution in [0.15, 0.2) is 54.6 Å². The number of hydrogen-bond donors (Lipinski definition) is 2. The summed E-state index contributed by atoms with van der Waals surface area (Å²) in [4.78, 5) is 11.4. The summed E-state index contributed by atoms with van der Waals surface area (Å²) >= 11 is 0. The Morgan fingerprint density at radius 1 is 1.05 bits per heavy atom. The highest BCUT2D eigenvalue weighted by Crippen LogP contribution is 2.56. The molecule has 0 saturated heterocycles. The van der Waals surface area contributed by atoms with E-state index in [4.69, 9.17) is 9.47 Å². The number of halogens is 2. The van der Waals surface area contributed by atoms with Crippen molar-refractivity contribution in [2.24, 2.45) is 11.3 Å². The normalized spacial score (nSPS) is 17.5. The van der Waals surface area contributed by atoms with E-state index in [2.05, 4.69) is 0 Å². The fourth-order valence-electron chi connectivity index (χ4n) is 5.16. The zero-order valence-corrected chi connectivity index (χ0v) is 21.5. The Bertz CT molecular complexity index is 1350. The molecule has 0 unspecified atom stereocenters. The highest BCUT2D eigenvalue weighted by molar-refractivity contribution is 5.71. The van der Waals surface area contributed by atoms with Gasteiger partial charge in [0.2, 0.25) is 0 Å². The molecule has 2 saturated carbocycles. The second-order valence-electron chi connectivity index (χ2n) is 10.8. The molecular formula is C31H32F2O5. The van der Waals surface area contributed by atoms with Gasteiger partial charge in [0.25, 0.3) is 0 Å². The van der Waals surface area contributed by atoms with E-state index in [1.807, 2.05) is 6.92 Å². The van der Waals surface area contributed by atoms with Crippen molar-refractivity contribution < 1.29 is 33.3 Å². The van der Waals surface area contributed by atoms with Crippen molar-refractivity contribution in [2.45, 2.75) is 57.7 Å². The molecule has 0 aliphatic heterocycles. The predicted molar refractivity (Wildman–Crippen MR) is 139 cm³/mol. The number of methoxy groups -OCH3 is 1. The lowest BCUT2D eigenvalue weighted by atomic mass is 9.87. The van der Waals surface area contributed by atoms with E-state index in [0.29, 0.717) is 33.6 Å². The first-order valence-corrected chi connectivity index (χ1v) is 13.0. The molecular weight excluding hydrogens is 490 g/mol. The fourth-order valence-corrected chi connectivity index (χ4v) is 5.16. The summed E-state index contributed by atoms with van der Waals surface area (Å²) in [6, 6.07) is 14.7. The van der Waals surface area contributed by atoms with Gasteiger partial charge >= 0.3 is 5.97 Å². The van der Waals surface area contributed by atoms with Crippen molar-refractivity contribution in [1.82, 2.24) is 0 Å². The minimum Gasteiger partial charge on any atom is -0.497 e. The highest BCUT2D eigenvalue weighted by atomic mass is 19.1. The molecule has 2 fully saturated rings. The molecule has 2 aliphatic carbocycles. The number of hydrogen-bond acceptors (Lipinski definition) is 4. The SMILES string of the molecule is COc1ccc(F)c(-c2ccc(COc3cccc([C@H](CC(=O)O)C4CC4)c3F)cc2[C@H](O)C2(C)CC2)c1. The zero-order valence-electron chi connectivity index (χ0n) is 21.5. The Labute approximate surface area is 221 Å². The van der Waals surface area contributed by atoms with Gasteiger partial charge < -0.3 is 19.7 Å². The van der Waals surface area contributed by atoms with Crippen LogP contribution in [0.2, 0.25) is 0 Å². The van der Waals surface area contributed by atoms with Crippen molar-refractivity contribution in [3.8, 4) is 22.6 Å². The molecule has 5 nitrogen and oxygen atoms in total. The van der Waals surface area contributed by atoms with Crippen LogP contribution in [0.4, 0.5) is 8.78 Å². The third kappa shape index (κ3) is 5.39. The maximum absolute atomic E-state index is 15.4. The van der Waals surface area contributed by atoms with E-state index in [9.17, 15) is 19.4 Å². The van der Waals surface area contributed by atoms with Crippen molar-refractivity contribution in [2.75, 3.05) is 7.11 Å². The molecule has 0 spiro atoms. The second kappa shape index (κ2) is 10.4. The number of aliphatic carboxylic acids is 1. The largest absolute Gasteiger partial charge is 0.497 e. The molecule has 38 heavy (non-hydrogen) atoms. The van der Waals surface area contributed by atoms with Crippen molar-refractivity contribution in [3.05, 3.63) is 82.9 Å². The summed E-state index contributed by atoms with van der Waals surface area (Å²) < 4.78 is 41.4. The summed E-state index contributed by atoms with van der Waals surface area (Å²) in [5, 5.41) is 20.6. The van der Waals surface area contributed by atoms with Crippen LogP contribution in [-0.4, -0.2) is 23.3 Å². The highest BCUT2D eigenvalue weighted by Gasteiger charge is 2.45. The number of carboxylic acids is 1. The van der Waals surface area contributed by atoms with Crippen LogP contribution in [0.1, 0.15) is 67.7 Å². The van der Waals surface area contributed by atoms with Crippen LogP contribution in [0.3, 0.4) is 0 Å². The lowest BCUT2D eigenvalue weighted by molar-refractivity contribution is -0.137. The molecule has 2 N–H and O–H groups in total. The van der Waals surface area contributed by atoms with Gasteiger partial charge in [0.1, 0.15) is 18.2 Å². The molecule has 3 aromatic carbocycles. The second-order valence-corrected chi connectivity index (χ2v) is 10.8. The van der Waals surface area contributed by atoms with Crippen LogP contribution in [0.25, 0.3) is 11.1 Å². The Morgan fingerprint density at radius 2 is 1.82 bits per heavy atom. The van der Waals surface area contributed by atoms with Gasteiger partial charge in [-0.1, -0.05) is 31.2 Å². The zero-order chi connectivity index (χ0) is 27.0. The van der Waals surface area contributed by atoms with E-state index in [-0.39, 0.29) is 36.0 Å². The predicted octanol–water partition coefficient (Wildman–Crippen LogP) is 7.02. The van der Waals surface area contributed by atoms with E-state index < -0.39 is 23.7 Å². The third-order valence-corrected chi connectivity index (χ3v) is 7.95. The number of rotatable bonds is 11. The molecule has 0 radical (unpaired) electrons. The molecule has 2 aliphatic rings. The van der Waals surface area contributed by atoms with Gasteiger partial charge in [-0.2, -0.15) is 0 Å². The molecule has 7 heteroatoms. The summed E-state index contributed by atoms with van der Waals surface area (Å²) in [5.41, 5.74) is 2.27. The quantitative estimate of drug-likeness (QED) is 0.283. The van der Waals surface area contributed by atoms with Gasteiger partial charge in [0, 0.05) is 11.5 Å². The van der Waals surface area contributed by atoms with Crippen molar-refractivity contribution >= 4 is 5.97 Å². The van der Waals surface area contributed by atoms with Gasteiger partial charge in [-0.25, -0.2) is 8.78 Å². The Morgan fingerprint density at radius 3 is 2.47 bits per heavy atom. The van der Waals surface area contributed by atoms with Crippen LogP contribution in [0, 0.1) is 23.0 Å². The average molecular weight is 523 g/mol. The van der Waals surface area contributed by atoms with Gasteiger partial charge in [0.15, 0.2) is 11.6 Å². The average Bonchev–Trinajstić information content (AvgIpc) is 3.84. The van der Waals surface area contributed by atoms with Crippen molar-refractivity contribution in [3.63, 3.8) is 0 Å². The third-order valence-electron chi connectivity index (χ3n) is 7.95. The van der Waals surface area contributed by atoms with E-state index >= 15 is 4.39 Å². The molecule has 5 rings (SSSR count). The molecule has 2 atom stereocenters.